The van der Waals surface area contributed by atoms with Gasteiger partial charge in [-0.25, -0.2) is 0 Å². The van der Waals surface area contributed by atoms with E-state index in [9.17, 15) is 4.79 Å². The van der Waals surface area contributed by atoms with E-state index in [1.807, 2.05) is 12.2 Å². The van der Waals surface area contributed by atoms with Crippen LogP contribution in [-0.2, 0) is 14.3 Å². The molecule has 2 fully saturated rings. The van der Waals surface area contributed by atoms with Crippen LogP contribution in [0.3, 0.4) is 0 Å². The molecule has 0 aliphatic heterocycles. The molecule has 0 bridgehead atoms. The minimum atomic E-state index is -0.0351. The summed E-state index contributed by atoms with van der Waals surface area (Å²) in [6, 6.07) is 0. The van der Waals surface area contributed by atoms with Crippen molar-refractivity contribution in [2.75, 3.05) is 13.9 Å². The van der Waals surface area contributed by atoms with Gasteiger partial charge in [-0.3, -0.25) is 4.79 Å². The van der Waals surface area contributed by atoms with Gasteiger partial charge in [-0.2, -0.15) is 0 Å². The molecule has 0 N–H and O–H groups in total. The number of rotatable bonds is 6. The first-order chi connectivity index (χ1) is 11.7. The van der Waals surface area contributed by atoms with E-state index in [-0.39, 0.29) is 18.3 Å². The highest BCUT2D eigenvalue weighted by Gasteiger charge is 2.57. The topological polar surface area (TPSA) is 35.5 Å². The molecule has 5 atom stereocenters. The van der Waals surface area contributed by atoms with Crippen molar-refractivity contribution in [2.24, 2.45) is 23.2 Å². The van der Waals surface area contributed by atoms with Crippen LogP contribution in [-0.4, -0.2) is 25.8 Å². The highest BCUT2D eigenvalue weighted by molar-refractivity contribution is 5.91. The molecule has 0 aromatic heterocycles. The molecule has 2 saturated carbocycles. The van der Waals surface area contributed by atoms with Crippen molar-refractivity contribution >= 4 is 5.78 Å². The molecule has 0 radical (unpaired) electrons. The molecule has 3 aliphatic carbocycles. The van der Waals surface area contributed by atoms with Crippen molar-refractivity contribution in [1.29, 1.82) is 0 Å². The van der Waals surface area contributed by atoms with Crippen molar-refractivity contribution in [3.8, 4) is 0 Å². The van der Waals surface area contributed by atoms with Crippen molar-refractivity contribution in [1.82, 2.24) is 0 Å². The van der Waals surface area contributed by atoms with Gasteiger partial charge in [0.1, 0.15) is 6.79 Å². The maximum absolute atomic E-state index is 12.0. The monoisotopic (exact) mass is 330 g/mol. The quantitative estimate of drug-likeness (QED) is 0.533. The summed E-state index contributed by atoms with van der Waals surface area (Å²) in [6.07, 6.45) is 13.3. The Labute approximate surface area is 145 Å². The number of fused-ring (bicyclic) bond motifs is 3. The van der Waals surface area contributed by atoms with Crippen molar-refractivity contribution in [3.05, 3.63) is 37.0 Å². The lowest BCUT2D eigenvalue weighted by Crippen LogP contribution is -2.55. The van der Waals surface area contributed by atoms with Gasteiger partial charge < -0.3 is 9.47 Å². The Kier molecular flexibility index (Phi) is 5.41. The highest BCUT2D eigenvalue weighted by Crippen LogP contribution is 2.61. The summed E-state index contributed by atoms with van der Waals surface area (Å²) in [7, 11) is 1.66. The van der Waals surface area contributed by atoms with E-state index in [4.69, 9.17) is 9.47 Å². The zero-order valence-electron chi connectivity index (χ0n) is 14.8. The molecule has 0 aromatic carbocycles. The first kappa shape index (κ1) is 17.6. The maximum Gasteiger partial charge on any atom is 0.155 e. The number of allylic oxidation sites excluding steroid dienone is 3. The molecule has 24 heavy (non-hydrogen) atoms. The minimum Gasteiger partial charge on any atom is -0.359 e. The number of hydrogen-bond donors (Lipinski definition) is 0. The third-order valence-corrected chi connectivity index (χ3v) is 6.63. The Morgan fingerprint density at radius 3 is 2.88 bits per heavy atom. The molecule has 132 valence electrons. The molecule has 3 aliphatic rings. The van der Waals surface area contributed by atoms with Gasteiger partial charge in [-0.15, -0.1) is 13.2 Å². The van der Waals surface area contributed by atoms with E-state index in [0.29, 0.717) is 30.0 Å². The maximum atomic E-state index is 12.0. The Bertz CT molecular complexity index is 535. The van der Waals surface area contributed by atoms with Crippen LogP contribution in [0.1, 0.15) is 44.9 Å². The molecule has 0 heterocycles. The number of methoxy groups -OCH3 is 1. The van der Waals surface area contributed by atoms with Crippen LogP contribution in [0.15, 0.2) is 37.0 Å². The second-order valence-electron chi connectivity index (χ2n) is 7.56. The average Bonchev–Trinajstić information content (AvgIpc) is 2.61. The van der Waals surface area contributed by atoms with Gasteiger partial charge in [-0.1, -0.05) is 24.1 Å². The number of ketones is 1. The Morgan fingerprint density at radius 2 is 2.17 bits per heavy atom. The summed E-state index contributed by atoms with van der Waals surface area (Å²) in [5, 5.41) is 0. The number of carbonyl (C=O) groups excluding carboxylic acids is 1. The van der Waals surface area contributed by atoms with Gasteiger partial charge in [0.2, 0.25) is 0 Å². The molecule has 3 heteroatoms. The summed E-state index contributed by atoms with van der Waals surface area (Å²) in [4.78, 5) is 12.0. The summed E-state index contributed by atoms with van der Waals surface area (Å²) >= 11 is 0. The van der Waals surface area contributed by atoms with E-state index in [2.05, 4.69) is 19.2 Å². The van der Waals surface area contributed by atoms with Gasteiger partial charge in [-0.05, 0) is 55.9 Å². The fourth-order valence-corrected chi connectivity index (χ4v) is 5.80. The smallest absolute Gasteiger partial charge is 0.155 e. The van der Waals surface area contributed by atoms with Crippen LogP contribution in [0.4, 0.5) is 0 Å². The van der Waals surface area contributed by atoms with Crippen molar-refractivity contribution in [3.63, 3.8) is 0 Å². The second-order valence-corrected chi connectivity index (χ2v) is 7.56. The van der Waals surface area contributed by atoms with Crippen LogP contribution in [0.25, 0.3) is 0 Å². The first-order valence-electron chi connectivity index (χ1n) is 9.26. The summed E-state index contributed by atoms with van der Waals surface area (Å²) < 4.78 is 11.3. The summed E-state index contributed by atoms with van der Waals surface area (Å²) in [5.41, 5.74) is 1.38. The molecule has 3 nitrogen and oxygen atoms in total. The van der Waals surface area contributed by atoms with Crippen molar-refractivity contribution < 1.29 is 14.3 Å². The molecule has 3 rings (SSSR count). The summed E-state index contributed by atoms with van der Waals surface area (Å²) in [6.45, 7) is 8.48. The van der Waals surface area contributed by atoms with Gasteiger partial charge in [0.05, 0.1) is 6.10 Å². The van der Waals surface area contributed by atoms with E-state index >= 15 is 0 Å². The lowest BCUT2D eigenvalue weighted by atomic mass is 9.47. The zero-order valence-corrected chi connectivity index (χ0v) is 14.8. The van der Waals surface area contributed by atoms with Gasteiger partial charge in [0.15, 0.2) is 5.78 Å². The standard InChI is InChI=1S/C21H30O3/c1-4-15-7-6-12-21(20(5-2)24-14-23-3)18(15)10-8-16-13-17(22)9-11-19(16)21/h4-5,13,15,18-20H,1-2,6-12,14H2,3H3/t15?,18?,19?,20-,21?/m1/s1. The fraction of sp³-hybridized carbons (Fsp3) is 0.667. The Hall–Kier alpha value is -1.19. The van der Waals surface area contributed by atoms with Crippen molar-refractivity contribution in [2.45, 2.75) is 51.0 Å². The van der Waals surface area contributed by atoms with E-state index in [1.54, 1.807) is 7.11 Å². The van der Waals surface area contributed by atoms with Crippen LogP contribution in [0, 0.1) is 23.2 Å². The van der Waals surface area contributed by atoms with Crippen LogP contribution in [0.5, 0.6) is 0 Å². The van der Waals surface area contributed by atoms with Crippen LogP contribution < -0.4 is 0 Å². The Morgan fingerprint density at radius 1 is 1.33 bits per heavy atom. The number of hydrogen-bond acceptors (Lipinski definition) is 3. The fourth-order valence-electron chi connectivity index (χ4n) is 5.80. The lowest BCUT2D eigenvalue weighted by Gasteiger charge is -2.59. The third-order valence-electron chi connectivity index (χ3n) is 6.63. The zero-order chi connectivity index (χ0) is 17.2. The van der Waals surface area contributed by atoms with Crippen LogP contribution >= 0.6 is 0 Å². The normalized spacial score (nSPS) is 37.0. The number of ether oxygens (including phenoxy) is 2. The Balaban J connectivity index is 2.04. The predicted octanol–water partition coefficient (Wildman–Crippen LogP) is 4.45. The molecule has 0 saturated heterocycles. The highest BCUT2D eigenvalue weighted by atomic mass is 16.7. The average molecular weight is 330 g/mol. The van der Waals surface area contributed by atoms with E-state index in [1.165, 1.54) is 18.4 Å². The molecule has 0 amide bonds. The molecule has 0 spiro atoms. The summed E-state index contributed by atoms with van der Waals surface area (Å²) in [5.74, 6) is 1.81. The predicted molar refractivity (Wildman–Crippen MR) is 95.5 cm³/mol. The van der Waals surface area contributed by atoms with Gasteiger partial charge in [0, 0.05) is 18.9 Å². The largest absolute Gasteiger partial charge is 0.359 e. The molecular weight excluding hydrogens is 300 g/mol. The van der Waals surface area contributed by atoms with Crippen LogP contribution in [0.2, 0.25) is 0 Å². The van der Waals surface area contributed by atoms with E-state index < -0.39 is 0 Å². The van der Waals surface area contributed by atoms with Gasteiger partial charge >= 0.3 is 0 Å². The first-order valence-corrected chi connectivity index (χ1v) is 9.26. The SMILES string of the molecule is C=CC1CCCC2([C@@H](C=C)OCOC)C3CCC(=O)C=C3CCC12. The van der Waals surface area contributed by atoms with E-state index in [0.717, 1.165) is 25.7 Å². The molecule has 0 aromatic rings. The second kappa shape index (κ2) is 7.37. The number of carbonyl (C=O) groups is 1. The molecular formula is C21H30O3. The van der Waals surface area contributed by atoms with Gasteiger partial charge in [0.25, 0.3) is 0 Å². The minimum absolute atomic E-state index is 0.0299. The lowest BCUT2D eigenvalue weighted by molar-refractivity contribution is -0.157. The third kappa shape index (κ3) is 2.82. The molecule has 4 unspecified atom stereocenters.